The zero-order valence-corrected chi connectivity index (χ0v) is 17.5. The van der Waals surface area contributed by atoms with E-state index < -0.39 is 37.0 Å². The minimum atomic E-state index is -4.18. The van der Waals surface area contributed by atoms with Gasteiger partial charge in [0, 0.05) is 30.3 Å². The fourth-order valence-electron chi connectivity index (χ4n) is 3.11. The standard InChI is InChI=1S/C19H21N2O9P/c1-11(6-7-31(26,27)28)14-9-13-8-12(2-3-15(13)29-18(14)24)10-20-19(25)30-21-16(22)4-5-17(21)23/h2-3,8-9,11H,4-7,10H2,1H3,(H,20,25)(H2,26,27,28). The first-order chi connectivity index (χ1) is 14.5. The number of carbonyl (C=O) groups is 3. The Kier molecular flexibility index (Phi) is 6.59. The van der Waals surface area contributed by atoms with E-state index >= 15 is 0 Å². The van der Waals surface area contributed by atoms with E-state index in [0.717, 1.165) is 0 Å². The second-order valence-corrected chi connectivity index (χ2v) is 9.03. The van der Waals surface area contributed by atoms with Gasteiger partial charge in [-0.1, -0.05) is 13.0 Å². The van der Waals surface area contributed by atoms with E-state index in [9.17, 15) is 23.7 Å². The van der Waals surface area contributed by atoms with Crippen LogP contribution in [-0.2, 0) is 25.5 Å². The molecular formula is C19H21N2O9P. The van der Waals surface area contributed by atoms with Crippen LogP contribution in [0.25, 0.3) is 11.0 Å². The lowest BCUT2D eigenvalue weighted by Crippen LogP contribution is -2.36. The summed E-state index contributed by atoms with van der Waals surface area (Å²) in [4.78, 5) is 69.8. The lowest BCUT2D eigenvalue weighted by atomic mass is 9.99. The minimum absolute atomic E-state index is 0.00307. The van der Waals surface area contributed by atoms with Crippen LogP contribution in [0.2, 0.25) is 0 Å². The molecule has 2 heterocycles. The highest BCUT2D eigenvalue weighted by atomic mass is 31.2. The molecule has 1 fully saturated rings. The predicted molar refractivity (Wildman–Crippen MR) is 107 cm³/mol. The molecule has 1 atom stereocenters. The van der Waals surface area contributed by atoms with E-state index in [1.807, 2.05) is 0 Å². The van der Waals surface area contributed by atoms with E-state index in [4.69, 9.17) is 19.0 Å². The number of nitrogens with zero attached hydrogens (tertiary/aromatic N) is 1. The summed E-state index contributed by atoms with van der Waals surface area (Å²) in [5.41, 5.74) is 0.651. The highest BCUT2D eigenvalue weighted by Crippen LogP contribution is 2.37. The number of carbonyl (C=O) groups excluding carboxylic acids is 3. The minimum Gasteiger partial charge on any atom is -0.423 e. The Morgan fingerprint density at radius 3 is 2.55 bits per heavy atom. The van der Waals surface area contributed by atoms with E-state index in [-0.39, 0.29) is 37.5 Å². The number of nitrogens with one attached hydrogen (secondary N) is 1. The summed E-state index contributed by atoms with van der Waals surface area (Å²) in [7, 11) is -4.18. The summed E-state index contributed by atoms with van der Waals surface area (Å²) < 4.78 is 16.4. The number of hydroxylamine groups is 2. The number of benzene rings is 1. The quantitative estimate of drug-likeness (QED) is 0.323. The molecule has 0 radical (unpaired) electrons. The zero-order chi connectivity index (χ0) is 22.8. The lowest BCUT2D eigenvalue weighted by Gasteiger charge is -2.14. The van der Waals surface area contributed by atoms with Gasteiger partial charge in [0.25, 0.3) is 11.8 Å². The SMILES string of the molecule is CC(CCP(=O)(O)O)c1cc2cc(CNC(=O)ON3C(=O)CCC3=O)ccc2oc1=O. The third kappa shape index (κ3) is 5.78. The maximum absolute atomic E-state index is 12.2. The third-order valence-electron chi connectivity index (χ3n) is 4.82. The zero-order valence-electron chi connectivity index (χ0n) is 16.6. The van der Waals surface area contributed by atoms with Crippen LogP contribution in [0.3, 0.4) is 0 Å². The van der Waals surface area contributed by atoms with Gasteiger partial charge in [-0.3, -0.25) is 14.2 Å². The third-order valence-corrected chi connectivity index (χ3v) is 5.67. The molecule has 11 nitrogen and oxygen atoms in total. The molecule has 1 aromatic carbocycles. The molecule has 0 aliphatic carbocycles. The Morgan fingerprint density at radius 2 is 1.90 bits per heavy atom. The van der Waals surface area contributed by atoms with Gasteiger partial charge >= 0.3 is 19.3 Å². The van der Waals surface area contributed by atoms with Crippen molar-refractivity contribution in [1.82, 2.24) is 10.4 Å². The second kappa shape index (κ2) is 9.01. The monoisotopic (exact) mass is 452 g/mol. The molecule has 166 valence electrons. The number of fused-ring (bicyclic) bond motifs is 1. The van der Waals surface area contributed by atoms with E-state index in [2.05, 4.69) is 5.32 Å². The molecule has 3 amide bonds. The predicted octanol–water partition coefficient (Wildman–Crippen LogP) is 1.75. The topological polar surface area (TPSA) is 163 Å². The van der Waals surface area contributed by atoms with Crippen molar-refractivity contribution in [2.45, 2.75) is 38.6 Å². The van der Waals surface area contributed by atoms with Crippen molar-refractivity contribution in [3.05, 3.63) is 45.8 Å². The highest BCUT2D eigenvalue weighted by Gasteiger charge is 2.32. The molecule has 0 bridgehead atoms. The van der Waals surface area contributed by atoms with Gasteiger partial charge in [-0.2, -0.15) is 0 Å². The number of hydrogen-bond acceptors (Lipinski definition) is 7. The largest absolute Gasteiger partial charge is 0.432 e. The summed E-state index contributed by atoms with van der Waals surface area (Å²) in [6.45, 7) is 1.70. The van der Waals surface area contributed by atoms with Crippen LogP contribution in [0.5, 0.6) is 0 Å². The van der Waals surface area contributed by atoms with Crippen LogP contribution >= 0.6 is 7.60 Å². The smallest absolute Gasteiger partial charge is 0.423 e. The van der Waals surface area contributed by atoms with E-state index in [1.54, 1.807) is 31.2 Å². The van der Waals surface area contributed by atoms with Gasteiger partial charge in [0.2, 0.25) is 0 Å². The fraction of sp³-hybridized carbons (Fsp3) is 0.368. The Balaban J connectivity index is 1.69. The average Bonchev–Trinajstić information content (AvgIpc) is 3.01. The van der Waals surface area contributed by atoms with Gasteiger partial charge in [-0.25, -0.2) is 9.59 Å². The molecule has 1 unspecified atom stereocenters. The van der Waals surface area contributed by atoms with Crippen molar-refractivity contribution in [3.8, 4) is 0 Å². The van der Waals surface area contributed by atoms with Crippen LogP contribution in [0.1, 0.15) is 43.2 Å². The molecule has 0 spiro atoms. The van der Waals surface area contributed by atoms with Crippen molar-refractivity contribution >= 4 is 36.5 Å². The molecule has 3 rings (SSSR count). The average molecular weight is 452 g/mol. The molecule has 1 saturated heterocycles. The van der Waals surface area contributed by atoms with Crippen molar-refractivity contribution in [1.29, 1.82) is 0 Å². The maximum atomic E-state index is 12.2. The Morgan fingerprint density at radius 1 is 1.23 bits per heavy atom. The molecule has 31 heavy (non-hydrogen) atoms. The molecule has 2 aromatic rings. The van der Waals surface area contributed by atoms with Gasteiger partial charge in [-0.15, -0.1) is 5.06 Å². The number of hydrogen-bond donors (Lipinski definition) is 3. The van der Waals surface area contributed by atoms with Crippen molar-refractivity contribution < 1.29 is 38.0 Å². The van der Waals surface area contributed by atoms with Crippen LogP contribution in [0, 0.1) is 0 Å². The van der Waals surface area contributed by atoms with Crippen LogP contribution < -0.4 is 10.9 Å². The second-order valence-electron chi connectivity index (χ2n) is 7.25. The number of amides is 3. The summed E-state index contributed by atoms with van der Waals surface area (Å²) in [5, 5.41) is 3.44. The number of rotatable bonds is 7. The molecule has 0 saturated carbocycles. The van der Waals surface area contributed by atoms with Crippen LogP contribution in [-0.4, -0.2) is 38.9 Å². The van der Waals surface area contributed by atoms with Crippen LogP contribution in [0.15, 0.2) is 33.5 Å². The van der Waals surface area contributed by atoms with E-state index in [1.165, 1.54) is 0 Å². The fourth-order valence-corrected chi connectivity index (χ4v) is 3.83. The highest BCUT2D eigenvalue weighted by molar-refractivity contribution is 7.51. The Bertz CT molecular complexity index is 1120. The first-order valence-corrected chi connectivity index (χ1v) is 11.3. The molecule has 1 aliphatic rings. The van der Waals surface area contributed by atoms with Crippen molar-refractivity contribution in [2.75, 3.05) is 6.16 Å². The molecule has 3 N–H and O–H groups in total. The molecule has 1 aliphatic heterocycles. The van der Waals surface area contributed by atoms with Gasteiger partial charge in [0.1, 0.15) is 5.58 Å². The maximum Gasteiger partial charge on any atom is 0.432 e. The summed E-state index contributed by atoms with van der Waals surface area (Å²) in [5.74, 6) is -1.59. The van der Waals surface area contributed by atoms with Crippen molar-refractivity contribution in [3.63, 3.8) is 0 Å². The normalized spacial score (nSPS) is 15.4. The summed E-state index contributed by atoms with van der Waals surface area (Å²) in [6, 6.07) is 6.43. The van der Waals surface area contributed by atoms with Gasteiger partial charge in [-0.05, 0) is 36.1 Å². The summed E-state index contributed by atoms with van der Waals surface area (Å²) in [6.07, 6.45) is -1.20. The number of imide groups is 1. The van der Waals surface area contributed by atoms with Gasteiger partial charge in [0.05, 0.1) is 6.16 Å². The van der Waals surface area contributed by atoms with Gasteiger partial charge < -0.3 is 24.4 Å². The Hall–Kier alpha value is -3.01. The Labute approximate surface area is 176 Å². The molecular weight excluding hydrogens is 431 g/mol. The summed E-state index contributed by atoms with van der Waals surface area (Å²) >= 11 is 0. The van der Waals surface area contributed by atoms with Gasteiger partial charge in [0.15, 0.2) is 0 Å². The van der Waals surface area contributed by atoms with E-state index in [0.29, 0.717) is 21.6 Å². The first kappa shape index (κ1) is 22.7. The van der Waals surface area contributed by atoms with Crippen molar-refractivity contribution in [2.24, 2.45) is 0 Å². The molecule has 1 aromatic heterocycles. The van der Waals surface area contributed by atoms with Crippen LogP contribution in [0.4, 0.5) is 4.79 Å². The lowest BCUT2D eigenvalue weighted by molar-refractivity contribution is -0.171. The first-order valence-electron chi connectivity index (χ1n) is 9.46. The molecule has 12 heteroatoms.